The van der Waals surface area contributed by atoms with Crippen LogP contribution in [-0.4, -0.2) is 42.0 Å². The van der Waals surface area contributed by atoms with Gasteiger partial charge in [-0.1, -0.05) is 26.0 Å². The van der Waals surface area contributed by atoms with Gasteiger partial charge in [-0.2, -0.15) is 4.98 Å². The second kappa shape index (κ2) is 6.93. The first-order valence-electron chi connectivity index (χ1n) is 9.93. The number of benzene rings is 1. The van der Waals surface area contributed by atoms with Crippen molar-refractivity contribution in [3.05, 3.63) is 24.3 Å². The van der Waals surface area contributed by atoms with Gasteiger partial charge in [0, 0.05) is 38.0 Å². The summed E-state index contributed by atoms with van der Waals surface area (Å²) >= 11 is 0. The minimum Gasteiger partial charge on any atom is -0.423 e. The fourth-order valence-electron chi connectivity index (χ4n) is 4.42. The number of likely N-dealkylation sites (tertiary alicyclic amines) is 1. The lowest BCUT2D eigenvalue weighted by Crippen LogP contribution is -2.54. The van der Waals surface area contributed by atoms with Gasteiger partial charge in [-0.15, -0.1) is 0 Å². The Bertz CT molecular complexity index is 751. The third-order valence-corrected chi connectivity index (χ3v) is 5.94. The van der Waals surface area contributed by atoms with E-state index in [9.17, 15) is 4.79 Å². The van der Waals surface area contributed by atoms with Gasteiger partial charge in [-0.3, -0.25) is 4.79 Å². The lowest BCUT2D eigenvalue weighted by molar-refractivity contribution is -0.138. The molecule has 140 valence electrons. The number of para-hydroxylation sites is 2. The molecule has 2 aromatic rings. The number of piperidine rings is 2. The third-order valence-electron chi connectivity index (χ3n) is 5.94. The lowest BCUT2D eigenvalue weighted by atomic mass is 9.73. The van der Waals surface area contributed by atoms with Gasteiger partial charge in [0.15, 0.2) is 5.58 Å². The van der Waals surface area contributed by atoms with Gasteiger partial charge in [0.05, 0.1) is 0 Å². The van der Waals surface area contributed by atoms with Crippen LogP contribution in [0.5, 0.6) is 0 Å². The zero-order valence-corrected chi connectivity index (χ0v) is 15.9. The van der Waals surface area contributed by atoms with Crippen LogP contribution in [-0.2, 0) is 4.79 Å². The van der Waals surface area contributed by atoms with E-state index in [-0.39, 0.29) is 5.41 Å². The lowest BCUT2D eigenvalue weighted by Gasteiger charge is -2.48. The van der Waals surface area contributed by atoms with E-state index >= 15 is 0 Å². The maximum absolute atomic E-state index is 12.4. The summed E-state index contributed by atoms with van der Waals surface area (Å²) in [5.41, 5.74) is 1.95. The van der Waals surface area contributed by atoms with Crippen LogP contribution in [0.4, 0.5) is 6.01 Å². The topological polar surface area (TPSA) is 49.6 Å². The number of anilines is 1. The molecule has 0 unspecified atom stereocenters. The number of fused-ring (bicyclic) bond motifs is 1. The molecule has 0 aliphatic carbocycles. The number of aromatic nitrogens is 1. The van der Waals surface area contributed by atoms with Crippen LogP contribution in [0.25, 0.3) is 11.1 Å². The largest absolute Gasteiger partial charge is 0.423 e. The van der Waals surface area contributed by atoms with E-state index in [4.69, 9.17) is 4.42 Å². The Morgan fingerprint density at radius 1 is 1.23 bits per heavy atom. The van der Waals surface area contributed by atoms with Crippen molar-refractivity contribution in [3.8, 4) is 0 Å². The van der Waals surface area contributed by atoms with Crippen molar-refractivity contribution in [3.63, 3.8) is 0 Å². The van der Waals surface area contributed by atoms with Gasteiger partial charge in [-0.25, -0.2) is 0 Å². The number of hydrogen-bond donors (Lipinski definition) is 0. The van der Waals surface area contributed by atoms with Gasteiger partial charge >= 0.3 is 0 Å². The molecule has 1 aromatic carbocycles. The Balaban J connectivity index is 1.50. The van der Waals surface area contributed by atoms with E-state index < -0.39 is 0 Å². The van der Waals surface area contributed by atoms with Gasteiger partial charge in [-0.05, 0) is 43.7 Å². The molecule has 0 radical (unpaired) electrons. The molecule has 3 heterocycles. The quantitative estimate of drug-likeness (QED) is 0.829. The molecule has 2 aliphatic heterocycles. The first-order valence-corrected chi connectivity index (χ1v) is 9.93. The molecule has 2 fully saturated rings. The summed E-state index contributed by atoms with van der Waals surface area (Å²) in [4.78, 5) is 21.5. The second-order valence-electron chi connectivity index (χ2n) is 8.49. The van der Waals surface area contributed by atoms with Crippen LogP contribution in [0.1, 0.15) is 46.0 Å². The predicted octanol–water partition coefficient (Wildman–Crippen LogP) is 4.08. The van der Waals surface area contributed by atoms with Crippen LogP contribution in [0, 0.1) is 11.3 Å². The van der Waals surface area contributed by atoms with Crippen molar-refractivity contribution in [1.29, 1.82) is 0 Å². The highest BCUT2D eigenvalue weighted by Gasteiger charge is 2.42. The van der Waals surface area contributed by atoms with E-state index in [2.05, 4.69) is 28.6 Å². The standard InChI is InChI=1S/C21H29N3O2/c1-16(2)9-13-23-14-21(11-8-19(23)25)10-5-12-24(15-21)20-22-17-6-3-4-7-18(17)26-20/h3-4,6-7,16H,5,8-15H2,1-2H3/t21-/m1/s1. The SMILES string of the molecule is CC(C)CCN1C[C@@]2(CCCN(c3nc4ccccc4o3)C2)CCC1=O. The van der Waals surface area contributed by atoms with E-state index in [1.54, 1.807) is 0 Å². The van der Waals surface area contributed by atoms with Crippen molar-refractivity contribution in [2.75, 3.05) is 31.1 Å². The van der Waals surface area contributed by atoms with E-state index in [1.807, 2.05) is 24.3 Å². The molecule has 26 heavy (non-hydrogen) atoms. The Kier molecular flexibility index (Phi) is 4.63. The molecule has 1 spiro atoms. The van der Waals surface area contributed by atoms with E-state index in [0.717, 1.165) is 62.6 Å². The van der Waals surface area contributed by atoms with Crippen molar-refractivity contribution < 1.29 is 9.21 Å². The van der Waals surface area contributed by atoms with Crippen molar-refractivity contribution in [2.45, 2.75) is 46.0 Å². The molecule has 2 aliphatic rings. The zero-order chi connectivity index (χ0) is 18.1. The maximum Gasteiger partial charge on any atom is 0.298 e. The number of oxazole rings is 1. The first-order chi connectivity index (χ1) is 12.5. The minimum absolute atomic E-state index is 0.184. The Morgan fingerprint density at radius 3 is 2.88 bits per heavy atom. The number of carbonyl (C=O) groups is 1. The van der Waals surface area contributed by atoms with Gasteiger partial charge in [0.2, 0.25) is 5.91 Å². The Morgan fingerprint density at radius 2 is 2.08 bits per heavy atom. The molecule has 2 saturated heterocycles. The smallest absolute Gasteiger partial charge is 0.298 e. The van der Waals surface area contributed by atoms with Gasteiger partial charge in [0.1, 0.15) is 5.52 Å². The number of rotatable bonds is 4. The number of nitrogens with zero attached hydrogens (tertiary/aromatic N) is 3. The molecule has 4 rings (SSSR count). The molecule has 5 heteroatoms. The molecule has 0 N–H and O–H groups in total. The van der Waals surface area contributed by atoms with Crippen molar-refractivity contribution in [1.82, 2.24) is 9.88 Å². The van der Waals surface area contributed by atoms with Crippen LogP contribution in [0.2, 0.25) is 0 Å². The van der Waals surface area contributed by atoms with Gasteiger partial charge < -0.3 is 14.2 Å². The highest BCUT2D eigenvalue weighted by molar-refractivity contribution is 5.77. The predicted molar refractivity (Wildman–Crippen MR) is 103 cm³/mol. The summed E-state index contributed by atoms with van der Waals surface area (Å²) in [5, 5.41) is 0. The number of hydrogen-bond acceptors (Lipinski definition) is 4. The highest BCUT2D eigenvalue weighted by Crippen LogP contribution is 2.40. The fraction of sp³-hybridized carbons (Fsp3) is 0.619. The molecule has 0 bridgehead atoms. The molecule has 1 atom stereocenters. The summed E-state index contributed by atoms with van der Waals surface area (Å²) < 4.78 is 6.00. The average Bonchev–Trinajstić information content (AvgIpc) is 3.07. The molecular formula is C21H29N3O2. The minimum atomic E-state index is 0.184. The summed E-state index contributed by atoms with van der Waals surface area (Å²) in [6.07, 6.45) is 5.07. The zero-order valence-electron chi connectivity index (χ0n) is 15.9. The van der Waals surface area contributed by atoms with Crippen LogP contribution < -0.4 is 4.90 Å². The van der Waals surface area contributed by atoms with E-state index in [0.29, 0.717) is 18.2 Å². The summed E-state index contributed by atoms with van der Waals surface area (Å²) in [7, 11) is 0. The Hall–Kier alpha value is -2.04. The average molecular weight is 355 g/mol. The Labute approximate surface area is 155 Å². The fourth-order valence-corrected chi connectivity index (χ4v) is 4.42. The summed E-state index contributed by atoms with van der Waals surface area (Å²) in [6, 6.07) is 8.67. The third kappa shape index (κ3) is 3.44. The number of carbonyl (C=O) groups excluding carboxylic acids is 1. The molecule has 0 saturated carbocycles. The van der Waals surface area contributed by atoms with E-state index in [1.165, 1.54) is 6.42 Å². The van der Waals surface area contributed by atoms with Crippen LogP contribution in [0.15, 0.2) is 28.7 Å². The van der Waals surface area contributed by atoms with Crippen molar-refractivity contribution in [2.24, 2.45) is 11.3 Å². The molecule has 5 nitrogen and oxygen atoms in total. The first kappa shape index (κ1) is 17.4. The summed E-state index contributed by atoms with van der Waals surface area (Å²) in [5.74, 6) is 0.957. The monoisotopic (exact) mass is 355 g/mol. The molecule has 1 amide bonds. The highest BCUT2D eigenvalue weighted by atomic mass is 16.4. The second-order valence-corrected chi connectivity index (χ2v) is 8.49. The van der Waals surface area contributed by atoms with Crippen LogP contribution >= 0.6 is 0 Å². The van der Waals surface area contributed by atoms with Crippen molar-refractivity contribution >= 4 is 23.0 Å². The molecular weight excluding hydrogens is 326 g/mol. The number of amides is 1. The normalized spacial score (nSPS) is 24.2. The molecule has 1 aromatic heterocycles. The van der Waals surface area contributed by atoms with Gasteiger partial charge in [0.25, 0.3) is 6.01 Å². The summed E-state index contributed by atoms with van der Waals surface area (Å²) in [6.45, 7) is 8.13. The maximum atomic E-state index is 12.4. The van der Waals surface area contributed by atoms with Crippen LogP contribution in [0.3, 0.4) is 0 Å².